The molecule has 0 bridgehead atoms. The fourth-order valence-corrected chi connectivity index (χ4v) is 6.06. The minimum absolute atomic E-state index is 0.133. The van der Waals surface area contributed by atoms with Gasteiger partial charge < -0.3 is 29.8 Å². The van der Waals surface area contributed by atoms with E-state index in [-0.39, 0.29) is 31.1 Å². The van der Waals surface area contributed by atoms with Gasteiger partial charge in [-0.3, -0.25) is 14.2 Å². The normalized spacial score (nSPS) is 16.6. The Morgan fingerprint density at radius 2 is 1.62 bits per heavy atom. The first-order chi connectivity index (χ1) is 18.9. The number of anilines is 2. The quantitative estimate of drug-likeness (QED) is 0.121. The second kappa shape index (κ2) is 14.2. The third kappa shape index (κ3) is 9.12. The van der Waals surface area contributed by atoms with Crippen molar-refractivity contribution in [3.63, 3.8) is 0 Å². The number of carbonyl (C=O) groups excluding carboxylic acids is 2. The molecule has 3 rings (SSSR count). The second-order valence-corrected chi connectivity index (χ2v) is 12.6. The summed E-state index contributed by atoms with van der Waals surface area (Å²) < 4.78 is 32.3. The lowest BCUT2D eigenvalue weighted by molar-refractivity contribution is -0.150. The lowest BCUT2D eigenvalue weighted by atomic mass is 10.2. The van der Waals surface area contributed by atoms with Crippen molar-refractivity contribution in [2.45, 2.75) is 104 Å². The monoisotopic (exact) mass is 582 g/mol. The molecular weight excluding hydrogens is 539 g/mol. The number of fused-ring (bicyclic) bond motifs is 1. The molecular formula is C25H43N8O6P. The van der Waals surface area contributed by atoms with Crippen molar-refractivity contribution in [1.82, 2.24) is 29.7 Å². The van der Waals surface area contributed by atoms with Crippen molar-refractivity contribution in [2.75, 3.05) is 24.0 Å². The van der Waals surface area contributed by atoms with Gasteiger partial charge in [0, 0.05) is 12.6 Å². The number of hydrogen-bond acceptors (Lipinski definition) is 11. The Kier molecular flexibility index (Phi) is 11.3. The van der Waals surface area contributed by atoms with Crippen molar-refractivity contribution in [2.24, 2.45) is 0 Å². The van der Waals surface area contributed by atoms with Gasteiger partial charge in [0.05, 0.1) is 25.1 Å². The molecule has 40 heavy (non-hydrogen) atoms. The Morgan fingerprint density at radius 3 is 2.12 bits per heavy atom. The van der Waals surface area contributed by atoms with E-state index in [4.69, 9.17) is 19.9 Å². The maximum Gasteiger partial charge on any atom is 0.323 e. The summed E-state index contributed by atoms with van der Waals surface area (Å²) in [5, 5.41) is 9.11. The standard InChI is InChI=1S/C25H43N8O6P/c1-7-18(23(34)38-15(3)4)31-40(36,32-19(8-2)24(35)39-16(5)6)14-37-12-11-33-13-27-20-21(28-17-9-10-17)29-25(26)30-22(20)33/h13,15-19H,7-12,14H2,1-6H3,(H2,31,32,36)(H3,26,28,29,30). The van der Waals surface area contributed by atoms with E-state index in [2.05, 4.69) is 30.4 Å². The van der Waals surface area contributed by atoms with Gasteiger partial charge in [0.15, 0.2) is 17.0 Å². The third-order valence-electron chi connectivity index (χ3n) is 5.97. The summed E-state index contributed by atoms with van der Waals surface area (Å²) in [4.78, 5) is 38.3. The molecule has 2 atom stereocenters. The number of nitrogen functional groups attached to an aromatic ring is 1. The highest BCUT2D eigenvalue weighted by molar-refractivity contribution is 7.59. The van der Waals surface area contributed by atoms with Gasteiger partial charge in [-0.1, -0.05) is 13.8 Å². The number of rotatable bonds is 17. The van der Waals surface area contributed by atoms with Crippen LogP contribution in [0.2, 0.25) is 0 Å². The molecule has 224 valence electrons. The first-order valence-corrected chi connectivity index (χ1v) is 15.7. The summed E-state index contributed by atoms with van der Waals surface area (Å²) >= 11 is 0. The van der Waals surface area contributed by atoms with Gasteiger partial charge in [0.25, 0.3) is 0 Å². The summed E-state index contributed by atoms with van der Waals surface area (Å²) in [6, 6.07) is -1.36. The van der Waals surface area contributed by atoms with E-state index in [0.717, 1.165) is 12.8 Å². The van der Waals surface area contributed by atoms with Crippen LogP contribution in [0.3, 0.4) is 0 Å². The summed E-state index contributed by atoms with van der Waals surface area (Å²) in [7, 11) is -3.64. The SMILES string of the molecule is CCC(NP(=O)(COCCn1cnc2c(NC3CC3)nc(N)nc21)NC(CC)C(=O)OC(C)C)C(=O)OC(C)C. The molecule has 2 aromatic heterocycles. The number of hydrogen-bond donors (Lipinski definition) is 4. The van der Waals surface area contributed by atoms with E-state index in [1.165, 1.54) is 0 Å². The number of esters is 2. The molecule has 2 unspecified atom stereocenters. The van der Waals surface area contributed by atoms with Crippen LogP contribution < -0.4 is 21.2 Å². The van der Waals surface area contributed by atoms with Crippen LogP contribution in [0.1, 0.15) is 67.2 Å². The molecule has 0 aromatic carbocycles. The van der Waals surface area contributed by atoms with Gasteiger partial charge in [0.1, 0.15) is 18.4 Å². The number of ether oxygens (including phenoxy) is 3. The molecule has 1 saturated carbocycles. The summed E-state index contributed by atoms with van der Waals surface area (Å²) in [5.41, 5.74) is 7.09. The summed E-state index contributed by atoms with van der Waals surface area (Å²) in [6.45, 7) is 11.0. The molecule has 5 N–H and O–H groups in total. The van der Waals surface area contributed by atoms with E-state index in [0.29, 0.717) is 42.4 Å². The average Bonchev–Trinajstić information content (AvgIpc) is 3.60. The Morgan fingerprint density at radius 1 is 1.05 bits per heavy atom. The number of aromatic nitrogens is 4. The van der Waals surface area contributed by atoms with Crippen molar-refractivity contribution in [3.05, 3.63) is 6.33 Å². The fourth-order valence-electron chi connectivity index (χ4n) is 3.87. The van der Waals surface area contributed by atoms with E-state index < -0.39 is 31.5 Å². The molecule has 2 aromatic rings. The molecule has 0 amide bonds. The van der Waals surface area contributed by atoms with Crippen LogP contribution in [-0.4, -0.2) is 74.7 Å². The van der Waals surface area contributed by atoms with Crippen LogP contribution in [0.25, 0.3) is 11.2 Å². The highest BCUT2D eigenvalue weighted by atomic mass is 31.2. The van der Waals surface area contributed by atoms with Gasteiger partial charge >= 0.3 is 11.9 Å². The van der Waals surface area contributed by atoms with Crippen LogP contribution in [-0.2, 0) is 34.9 Å². The minimum atomic E-state index is -3.64. The Bertz CT molecular complexity index is 1170. The lowest BCUT2D eigenvalue weighted by Crippen LogP contribution is -2.45. The first-order valence-electron chi connectivity index (χ1n) is 13.8. The fraction of sp³-hybridized carbons (Fsp3) is 0.720. The molecule has 0 aliphatic heterocycles. The zero-order valence-electron chi connectivity index (χ0n) is 24.2. The topological polar surface area (TPSA) is 185 Å². The van der Waals surface area contributed by atoms with Crippen LogP contribution in [0, 0.1) is 0 Å². The van der Waals surface area contributed by atoms with E-state index >= 15 is 0 Å². The highest BCUT2D eigenvalue weighted by Crippen LogP contribution is 2.38. The van der Waals surface area contributed by atoms with Crippen molar-refractivity contribution in [3.8, 4) is 0 Å². The van der Waals surface area contributed by atoms with Crippen LogP contribution in [0.5, 0.6) is 0 Å². The second-order valence-electron chi connectivity index (χ2n) is 10.4. The van der Waals surface area contributed by atoms with Crippen LogP contribution in [0.4, 0.5) is 11.8 Å². The van der Waals surface area contributed by atoms with Crippen molar-refractivity contribution >= 4 is 42.3 Å². The molecule has 15 heteroatoms. The molecule has 1 aliphatic carbocycles. The predicted molar refractivity (Wildman–Crippen MR) is 152 cm³/mol. The lowest BCUT2D eigenvalue weighted by Gasteiger charge is -2.28. The van der Waals surface area contributed by atoms with Crippen LogP contribution in [0.15, 0.2) is 6.33 Å². The zero-order valence-corrected chi connectivity index (χ0v) is 25.1. The highest BCUT2D eigenvalue weighted by Gasteiger charge is 2.35. The maximum absolute atomic E-state index is 14.1. The average molecular weight is 583 g/mol. The van der Waals surface area contributed by atoms with Gasteiger partial charge in [-0.05, 0) is 53.4 Å². The summed E-state index contributed by atoms with van der Waals surface area (Å²) in [5.74, 6) is -0.334. The van der Waals surface area contributed by atoms with E-state index in [1.807, 2.05) is 0 Å². The number of carbonyl (C=O) groups is 2. The molecule has 0 radical (unpaired) electrons. The molecule has 0 saturated heterocycles. The third-order valence-corrected chi connectivity index (χ3v) is 7.97. The van der Waals surface area contributed by atoms with E-state index in [9.17, 15) is 14.2 Å². The first kappa shape index (κ1) is 31.7. The zero-order chi connectivity index (χ0) is 29.4. The summed E-state index contributed by atoms with van der Waals surface area (Å²) in [6.07, 6.45) is 3.46. The van der Waals surface area contributed by atoms with Gasteiger partial charge in [-0.2, -0.15) is 9.97 Å². The smallest absolute Gasteiger partial charge is 0.323 e. The van der Waals surface area contributed by atoms with Crippen LogP contribution >= 0.6 is 7.44 Å². The number of nitrogens with one attached hydrogen (secondary N) is 3. The number of imidazole rings is 1. The molecule has 0 spiro atoms. The Balaban J connectivity index is 1.71. The largest absolute Gasteiger partial charge is 0.462 e. The maximum atomic E-state index is 14.1. The molecule has 1 aliphatic rings. The minimum Gasteiger partial charge on any atom is -0.462 e. The Hall–Kier alpha value is -2.80. The van der Waals surface area contributed by atoms with Crippen molar-refractivity contribution < 1.29 is 28.4 Å². The molecule has 1 fully saturated rings. The molecule has 14 nitrogen and oxygen atoms in total. The predicted octanol–water partition coefficient (Wildman–Crippen LogP) is 2.79. The number of nitrogens with zero attached hydrogens (tertiary/aromatic N) is 4. The van der Waals surface area contributed by atoms with Gasteiger partial charge in [0.2, 0.25) is 13.4 Å². The number of nitrogens with two attached hydrogens (primary N) is 1. The molecule has 2 heterocycles. The Labute approximate surface area is 235 Å². The van der Waals surface area contributed by atoms with Gasteiger partial charge in [-0.15, -0.1) is 0 Å². The van der Waals surface area contributed by atoms with Gasteiger partial charge in [-0.25, -0.2) is 15.2 Å². The van der Waals surface area contributed by atoms with Crippen molar-refractivity contribution in [1.29, 1.82) is 0 Å². The van der Waals surface area contributed by atoms with E-state index in [1.54, 1.807) is 52.4 Å².